The van der Waals surface area contributed by atoms with Gasteiger partial charge in [-0.3, -0.25) is 10.1 Å². The van der Waals surface area contributed by atoms with Crippen LogP contribution in [0.3, 0.4) is 0 Å². The number of anilines is 1. The van der Waals surface area contributed by atoms with Gasteiger partial charge in [0.05, 0.1) is 11.5 Å². The lowest BCUT2D eigenvalue weighted by Crippen LogP contribution is -2.07. The molecule has 0 radical (unpaired) electrons. The summed E-state index contributed by atoms with van der Waals surface area (Å²) in [6.45, 7) is 3.12. The van der Waals surface area contributed by atoms with E-state index in [1.54, 1.807) is 19.1 Å². The maximum atomic E-state index is 10.7. The lowest BCUT2D eigenvalue weighted by Gasteiger charge is -2.09. The fraction of sp³-hybridized carbons (Fsp3) is 0.250. The van der Waals surface area contributed by atoms with Crippen molar-refractivity contribution < 1.29 is 9.66 Å². The molecule has 2 aromatic rings. The first-order chi connectivity index (χ1) is 10.2. The number of hydrogen-bond acceptors (Lipinski definition) is 4. The molecule has 0 heterocycles. The summed E-state index contributed by atoms with van der Waals surface area (Å²) < 4.78 is 5.59. The third-order valence-electron chi connectivity index (χ3n) is 3.06. The predicted octanol–water partition coefficient (Wildman–Crippen LogP) is 3.78. The number of nitro groups is 1. The van der Waals surface area contributed by atoms with Crippen molar-refractivity contribution in [1.29, 1.82) is 0 Å². The molecule has 0 aliphatic heterocycles. The van der Waals surface area contributed by atoms with Crippen molar-refractivity contribution in [2.45, 2.75) is 13.3 Å². The Hall–Kier alpha value is -2.56. The zero-order chi connectivity index (χ0) is 15.1. The smallest absolute Gasteiger partial charge is 0.272 e. The van der Waals surface area contributed by atoms with Gasteiger partial charge in [-0.05, 0) is 37.6 Å². The quantitative estimate of drug-likeness (QED) is 0.478. The first-order valence-corrected chi connectivity index (χ1v) is 6.83. The van der Waals surface area contributed by atoms with E-state index in [9.17, 15) is 10.1 Å². The minimum atomic E-state index is -0.368. The normalized spacial score (nSPS) is 10.1. The van der Waals surface area contributed by atoms with Crippen molar-refractivity contribution in [3.8, 4) is 5.75 Å². The molecule has 0 aromatic heterocycles. The van der Waals surface area contributed by atoms with Crippen LogP contribution in [0.5, 0.6) is 5.75 Å². The van der Waals surface area contributed by atoms with E-state index in [1.165, 1.54) is 6.07 Å². The van der Waals surface area contributed by atoms with Gasteiger partial charge in [-0.1, -0.05) is 18.2 Å². The number of aryl methyl sites for hydroxylation is 1. The average Bonchev–Trinajstić information content (AvgIpc) is 2.47. The highest BCUT2D eigenvalue weighted by Crippen LogP contribution is 2.21. The second-order valence-electron chi connectivity index (χ2n) is 4.70. The van der Waals surface area contributed by atoms with Gasteiger partial charge in [-0.15, -0.1) is 0 Å². The summed E-state index contributed by atoms with van der Waals surface area (Å²) in [6, 6.07) is 14.7. The molecular weight excluding hydrogens is 268 g/mol. The average molecular weight is 286 g/mol. The van der Waals surface area contributed by atoms with Crippen LogP contribution in [-0.2, 0) is 0 Å². The third-order valence-corrected chi connectivity index (χ3v) is 3.06. The molecule has 21 heavy (non-hydrogen) atoms. The van der Waals surface area contributed by atoms with Crippen molar-refractivity contribution in [2.24, 2.45) is 0 Å². The summed E-state index contributed by atoms with van der Waals surface area (Å²) in [5.41, 5.74) is 1.69. The van der Waals surface area contributed by atoms with Crippen molar-refractivity contribution in [1.82, 2.24) is 0 Å². The second kappa shape index (κ2) is 7.28. The number of rotatable bonds is 7. The molecule has 0 unspecified atom stereocenters. The highest BCUT2D eigenvalue weighted by atomic mass is 16.6. The summed E-state index contributed by atoms with van der Waals surface area (Å²) in [5.74, 6) is 0.865. The number of ether oxygens (including phenoxy) is 1. The number of nitrogens with one attached hydrogen (secondary N) is 1. The summed E-state index contributed by atoms with van der Waals surface area (Å²) in [6.07, 6.45) is 0.852. The van der Waals surface area contributed by atoms with Gasteiger partial charge in [0.2, 0.25) is 0 Å². The Labute approximate surface area is 123 Å². The number of nitro benzene ring substituents is 1. The molecule has 0 atom stereocenters. The third kappa shape index (κ3) is 4.49. The minimum Gasteiger partial charge on any atom is -0.494 e. The molecule has 0 fully saturated rings. The predicted molar refractivity (Wildman–Crippen MR) is 82.9 cm³/mol. The van der Waals surface area contributed by atoms with Crippen molar-refractivity contribution in [3.63, 3.8) is 0 Å². The molecule has 0 saturated carbocycles. The van der Waals surface area contributed by atoms with Crippen LogP contribution in [0.2, 0.25) is 0 Å². The van der Waals surface area contributed by atoms with Gasteiger partial charge in [0.15, 0.2) is 0 Å². The van der Waals surface area contributed by atoms with Crippen LogP contribution in [0.15, 0.2) is 48.5 Å². The first kappa shape index (κ1) is 14.8. The molecule has 0 aliphatic rings. The Balaban J connectivity index is 1.74. The highest BCUT2D eigenvalue weighted by Gasteiger charge is 2.09. The molecule has 0 spiro atoms. The van der Waals surface area contributed by atoms with Crippen LogP contribution < -0.4 is 10.1 Å². The SMILES string of the molecule is Cc1cc(NCCCOc2ccccc2)ccc1[N+](=O)[O-]. The fourth-order valence-electron chi connectivity index (χ4n) is 1.98. The maximum absolute atomic E-state index is 10.7. The standard InChI is InChI=1S/C16H18N2O3/c1-13-12-14(8-9-16(13)18(19)20)17-10-5-11-21-15-6-3-2-4-7-15/h2-4,6-9,12,17H,5,10-11H2,1H3. The number of benzene rings is 2. The van der Waals surface area contributed by atoms with Gasteiger partial charge >= 0.3 is 0 Å². The Morgan fingerprint density at radius 3 is 2.62 bits per heavy atom. The summed E-state index contributed by atoms with van der Waals surface area (Å²) in [7, 11) is 0. The zero-order valence-electron chi connectivity index (χ0n) is 11.9. The molecule has 0 bridgehead atoms. The van der Waals surface area contributed by atoms with Crippen molar-refractivity contribution in [2.75, 3.05) is 18.5 Å². The van der Waals surface area contributed by atoms with Crippen LogP contribution in [0.4, 0.5) is 11.4 Å². The minimum absolute atomic E-state index is 0.146. The molecule has 5 heteroatoms. The van der Waals surface area contributed by atoms with Gasteiger partial charge < -0.3 is 10.1 Å². The van der Waals surface area contributed by atoms with E-state index in [-0.39, 0.29) is 10.6 Å². The summed E-state index contributed by atoms with van der Waals surface area (Å²) in [5, 5.41) is 14.0. The molecule has 2 rings (SSSR count). The van der Waals surface area contributed by atoms with E-state index in [4.69, 9.17) is 4.74 Å². The lowest BCUT2D eigenvalue weighted by molar-refractivity contribution is -0.385. The van der Waals surface area contributed by atoms with Gasteiger partial charge in [-0.2, -0.15) is 0 Å². The Morgan fingerprint density at radius 2 is 1.95 bits per heavy atom. The van der Waals surface area contributed by atoms with Crippen LogP contribution in [0, 0.1) is 17.0 Å². The van der Waals surface area contributed by atoms with E-state index in [1.807, 2.05) is 30.3 Å². The molecular formula is C16H18N2O3. The molecule has 0 aliphatic carbocycles. The van der Waals surface area contributed by atoms with E-state index in [0.29, 0.717) is 12.2 Å². The largest absolute Gasteiger partial charge is 0.494 e. The fourth-order valence-corrected chi connectivity index (χ4v) is 1.98. The molecule has 2 aromatic carbocycles. The van der Waals surface area contributed by atoms with Crippen LogP contribution >= 0.6 is 0 Å². The summed E-state index contributed by atoms with van der Waals surface area (Å²) >= 11 is 0. The van der Waals surface area contributed by atoms with Gasteiger partial charge in [-0.25, -0.2) is 0 Å². The molecule has 1 N–H and O–H groups in total. The van der Waals surface area contributed by atoms with E-state index < -0.39 is 0 Å². The number of para-hydroxylation sites is 1. The molecule has 110 valence electrons. The van der Waals surface area contributed by atoms with Crippen molar-refractivity contribution in [3.05, 3.63) is 64.2 Å². The zero-order valence-corrected chi connectivity index (χ0v) is 11.9. The first-order valence-electron chi connectivity index (χ1n) is 6.83. The Bertz CT molecular complexity index is 600. The van der Waals surface area contributed by atoms with Gasteiger partial charge in [0, 0.05) is 23.9 Å². The topological polar surface area (TPSA) is 64.4 Å². The number of hydrogen-bond donors (Lipinski definition) is 1. The van der Waals surface area contributed by atoms with Crippen LogP contribution in [0.1, 0.15) is 12.0 Å². The lowest BCUT2D eigenvalue weighted by atomic mass is 10.2. The maximum Gasteiger partial charge on any atom is 0.272 e. The Kier molecular flexibility index (Phi) is 5.15. The van der Waals surface area contributed by atoms with E-state index >= 15 is 0 Å². The molecule has 0 amide bonds. The Morgan fingerprint density at radius 1 is 1.19 bits per heavy atom. The molecule has 0 saturated heterocycles. The highest BCUT2D eigenvalue weighted by molar-refractivity contribution is 5.53. The van der Waals surface area contributed by atoms with E-state index in [2.05, 4.69) is 5.32 Å². The van der Waals surface area contributed by atoms with Crippen LogP contribution in [-0.4, -0.2) is 18.1 Å². The second-order valence-corrected chi connectivity index (χ2v) is 4.70. The van der Waals surface area contributed by atoms with Gasteiger partial charge in [0.1, 0.15) is 5.75 Å². The van der Waals surface area contributed by atoms with Crippen LogP contribution in [0.25, 0.3) is 0 Å². The monoisotopic (exact) mass is 286 g/mol. The van der Waals surface area contributed by atoms with E-state index in [0.717, 1.165) is 24.4 Å². The van der Waals surface area contributed by atoms with Crippen molar-refractivity contribution >= 4 is 11.4 Å². The molecule has 5 nitrogen and oxygen atoms in total. The van der Waals surface area contributed by atoms with Gasteiger partial charge in [0.25, 0.3) is 5.69 Å². The number of nitrogens with zero attached hydrogens (tertiary/aromatic N) is 1. The summed E-state index contributed by atoms with van der Waals surface area (Å²) in [4.78, 5) is 10.4.